The summed E-state index contributed by atoms with van der Waals surface area (Å²) < 4.78 is 5.96. The number of ether oxygens (including phenoxy) is 1. The third-order valence-corrected chi connectivity index (χ3v) is 7.53. The number of aryl methyl sites for hydroxylation is 4. The van der Waals surface area contributed by atoms with Gasteiger partial charge in [-0.1, -0.05) is 82.3 Å². The summed E-state index contributed by atoms with van der Waals surface area (Å²) >= 11 is 0. The number of hydrogen-bond acceptors (Lipinski definition) is 3. The Morgan fingerprint density at radius 1 is 0.919 bits per heavy atom. The van der Waals surface area contributed by atoms with E-state index in [1.54, 1.807) is 31.2 Å². The first kappa shape index (κ1) is 28.2. The largest absolute Gasteiger partial charge is 0.478 e. The Hall–Kier alpha value is -3.40. The molecule has 1 unspecified atom stereocenters. The van der Waals surface area contributed by atoms with Gasteiger partial charge in [0.15, 0.2) is 0 Å². The molecule has 0 amide bonds. The highest BCUT2D eigenvalue weighted by molar-refractivity contribution is 5.88. The van der Waals surface area contributed by atoms with Crippen molar-refractivity contribution in [1.29, 1.82) is 0 Å². The first-order valence-corrected chi connectivity index (χ1v) is 12.9. The Balaban J connectivity index is 1.93. The van der Waals surface area contributed by atoms with Crippen LogP contribution in [0.2, 0.25) is 0 Å². The van der Waals surface area contributed by atoms with Crippen LogP contribution in [0.3, 0.4) is 0 Å². The Labute approximate surface area is 221 Å². The lowest BCUT2D eigenvalue weighted by molar-refractivity contribution is -0.140. The quantitative estimate of drug-likeness (QED) is 0.250. The summed E-state index contributed by atoms with van der Waals surface area (Å²) in [6, 6.07) is 8.84. The minimum absolute atomic E-state index is 0.228. The molecule has 1 aliphatic carbocycles. The molecule has 0 bridgehead atoms. The Morgan fingerprint density at radius 2 is 1.43 bits per heavy atom. The van der Waals surface area contributed by atoms with Crippen LogP contribution < -0.4 is 4.74 Å². The van der Waals surface area contributed by atoms with Crippen LogP contribution in [0.15, 0.2) is 60.2 Å². The van der Waals surface area contributed by atoms with Gasteiger partial charge < -0.3 is 9.84 Å². The van der Waals surface area contributed by atoms with Gasteiger partial charge in [0.2, 0.25) is 0 Å². The number of carboxylic acids is 1. The van der Waals surface area contributed by atoms with Crippen molar-refractivity contribution in [2.45, 2.75) is 80.1 Å². The van der Waals surface area contributed by atoms with Crippen LogP contribution in [0.1, 0.15) is 85.9 Å². The lowest BCUT2D eigenvalue weighted by Crippen LogP contribution is -2.29. The average molecular weight is 501 g/mol. The summed E-state index contributed by atoms with van der Waals surface area (Å²) in [5, 5.41) is 9.24. The number of benzene rings is 2. The van der Waals surface area contributed by atoms with Crippen LogP contribution in [0, 0.1) is 33.1 Å². The molecule has 1 atom stereocenters. The van der Waals surface area contributed by atoms with Gasteiger partial charge in [0.1, 0.15) is 11.2 Å². The molecule has 196 valence electrons. The van der Waals surface area contributed by atoms with Crippen molar-refractivity contribution in [2.24, 2.45) is 5.41 Å². The zero-order valence-electron chi connectivity index (χ0n) is 23.7. The van der Waals surface area contributed by atoms with E-state index in [1.165, 1.54) is 33.9 Å². The van der Waals surface area contributed by atoms with Crippen LogP contribution in [0.4, 0.5) is 0 Å². The lowest BCUT2D eigenvalue weighted by atomic mass is 9.75. The fourth-order valence-corrected chi connectivity index (χ4v) is 5.30. The monoisotopic (exact) mass is 500 g/mol. The second kappa shape index (κ2) is 10.5. The van der Waals surface area contributed by atoms with Crippen molar-refractivity contribution in [1.82, 2.24) is 0 Å². The molecule has 0 radical (unpaired) electrons. The Morgan fingerprint density at radius 3 is 1.92 bits per heavy atom. The fourth-order valence-electron chi connectivity index (χ4n) is 5.30. The van der Waals surface area contributed by atoms with Crippen molar-refractivity contribution < 1.29 is 19.4 Å². The zero-order chi connectivity index (χ0) is 27.7. The molecular formula is C33H40O4. The van der Waals surface area contributed by atoms with Crippen LogP contribution in [-0.4, -0.2) is 17.0 Å². The van der Waals surface area contributed by atoms with E-state index < -0.39 is 17.4 Å². The lowest BCUT2D eigenvalue weighted by Gasteiger charge is -2.30. The van der Waals surface area contributed by atoms with Gasteiger partial charge in [-0.15, -0.1) is 0 Å². The maximum Gasteiger partial charge on any atom is 0.331 e. The average Bonchev–Trinajstić information content (AvgIpc) is 2.77. The summed E-state index contributed by atoms with van der Waals surface area (Å²) in [6.45, 7) is 19.1. The van der Waals surface area contributed by atoms with E-state index in [0.29, 0.717) is 11.7 Å². The van der Waals surface area contributed by atoms with E-state index in [0.717, 1.165) is 11.1 Å². The Kier molecular flexibility index (Phi) is 8.02. The molecule has 1 N–H and O–H groups in total. The van der Waals surface area contributed by atoms with Gasteiger partial charge in [-0.05, 0) is 85.9 Å². The van der Waals surface area contributed by atoms with Gasteiger partial charge in [0, 0.05) is 11.0 Å². The van der Waals surface area contributed by atoms with Crippen LogP contribution in [-0.2, 0) is 15.0 Å². The highest BCUT2D eigenvalue weighted by Crippen LogP contribution is 2.39. The number of allylic oxidation sites excluding steroid dienone is 3. The molecule has 0 saturated heterocycles. The molecule has 4 nitrogen and oxygen atoms in total. The van der Waals surface area contributed by atoms with E-state index in [-0.39, 0.29) is 17.4 Å². The number of rotatable bonds is 6. The molecule has 2 aromatic rings. The normalized spacial score (nSPS) is 21.0. The van der Waals surface area contributed by atoms with E-state index in [1.807, 2.05) is 13.8 Å². The number of hydrogen-bond donors (Lipinski definition) is 1. The second-order valence-corrected chi connectivity index (χ2v) is 11.4. The molecule has 0 spiro atoms. The van der Waals surface area contributed by atoms with Crippen molar-refractivity contribution in [3.63, 3.8) is 0 Å². The summed E-state index contributed by atoms with van der Waals surface area (Å²) in [5.74, 6) is -0.314. The SMILES string of the molecule is Cc1cc(C(C)(C)c2cc(C)c(C(C)C)c(C)c2)cc(C)c1OC(=O)C1(C)/C=C\C=C(/C(=O)O)C/C=C\1. The first-order chi connectivity index (χ1) is 17.2. The maximum atomic E-state index is 13.3. The maximum absolute atomic E-state index is 13.3. The van der Waals surface area contributed by atoms with Crippen LogP contribution in [0.25, 0.3) is 0 Å². The number of carboxylic acid groups (broad SMARTS) is 1. The molecule has 0 aliphatic heterocycles. The molecule has 1 aliphatic rings. The highest BCUT2D eigenvalue weighted by atomic mass is 16.5. The molecule has 0 aromatic heterocycles. The molecule has 37 heavy (non-hydrogen) atoms. The fraction of sp³-hybridized carbons (Fsp3) is 0.394. The zero-order valence-corrected chi connectivity index (χ0v) is 23.7. The van der Waals surface area contributed by atoms with Gasteiger partial charge in [0.25, 0.3) is 0 Å². The second-order valence-electron chi connectivity index (χ2n) is 11.4. The van der Waals surface area contributed by atoms with Gasteiger partial charge in [-0.25, -0.2) is 4.79 Å². The standard InChI is InChI=1S/C33H40O4/c1-20(2)28-21(3)16-26(17-22(28)4)32(7,8)27-18-23(5)29(24(6)19-27)37-31(36)33(9)14-10-12-25(30(34)35)13-11-15-33/h10-12,14-20H,13H2,1-9H3,(H,34,35)/b14-10-,15-11-,25-12-. The summed E-state index contributed by atoms with van der Waals surface area (Å²) in [7, 11) is 0. The van der Waals surface area contributed by atoms with E-state index in [9.17, 15) is 14.7 Å². The van der Waals surface area contributed by atoms with E-state index in [2.05, 4.69) is 65.8 Å². The first-order valence-electron chi connectivity index (χ1n) is 12.9. The van der Waals surface area contributed by atoms with Crippen molar-refractivity contribution >= 4 is 11.9 Å². The number of aliphatic carboxylic acids is 1. The van der Waals surface area contributed by atoms with Gasteiger partial charge in [-0.2, -0.15) is 0 Å². The molecule has 0 fully saturated rings. The van der Waals surface area contributed by atoms with Crippen molar-refractivity contribution in [3.8, 4) is 5.75 Å². The molecule has 2 aromatic carbocycles. The predicted octanol–water partition coefficient (Wildman–Crippen LogP) is 7.81. The van der Waals surface area contributed by atoms with E-state index >= 15 is 0 Å². The topological polar surface area (TPSA) is 63.6 Å². The van der Waals surface area contributed by atoms with Crippen LogP contribution >= 0.6 is 0 Å². The highest BCUT2D eigenvalue weighted by Gasteiger charge is 2.32. The smallest absolute Gasteiger partial charge is 0.331 e. The summed E-state index contributed by atoms with van der Waals surface area (Å²) in [6.07, 6.45) is 8.51. The molecule has 4 heteroatoms. The van der Waals surface area contributed by atoms with Crippen molar-refractivity contribution in [3.05, 3.63) is 99.2 Å². The van der Waals surface area contributed by atoms with Crippen LogP contribution in [0.5, 0.6) is 5.75 Å². The third kappa shape index (κ3) is 5.79. The molecular weight excluding hydrogens is 460 g/mol. The minimum Gasteiger partial charge on any atom is -0.478 e. The molecule has 0 heterocycles. The summed E-state index contributed by atoms with van der Waals surface area (Å²) in [4.78, 5) is 24.5. The summed E-state index contributed by atoms with van der Waals surface area (Å²) in [5.41, 5.74) is 7.33. The number of carbonyl (C=O) groups excluding carboxylic acids is 1. The Bertz CT molecular complexity index is 1270. The van der Waals surface area contributed by atoms with Gasteiger partial charge >= 0.3 is 11.9 Å². The predicted molar refractivity (Wildman–Crippen MR) is 150 cm³/mol. The molecule has 3 rings (SSSR count). The molecule has 0 saturated carbocycles. The van der Waals surface area contributed by atoms with Gasteiger partial charge in [0.05, 0.1) is 0 Å². The van der Waals surface area contributed by atoms with Crippen molar-refractivity contribution in [2.75, 3.05) is 0 Å². The van der Waals surface area contributed by atoms with Gasteiger partial charge in [-0.3, -0.25) is 4.79 Å². The number of esters is 1. The number of carbonyl (C=O) groups is 2. The third-order valence-electron chi connectivity index (χ3n) is 7.53. The minimum atomic E-state index is -0.995. The van der Waals surface area contributed by atoms with E-state index in [4.69, 9.17) is 4.74 Å².